The van der Waals surface area contributed by atoms with E-state index in [1.165, 1.54) is 31.4 Å². The van der Waals surface area contributed by atoms with E-state index in [0.717, 1.165) is 11.1 Å². The summed E-state index contributed by atoms with van der Waals surface area (Å²) in [5.41, 5.74) is 2.29. The van der Waals surface area contributed by atoms with Crippen LogP contribution in [-0.2, 0) is 31.0 Å². The first-order valence-corrected chi connectivity index (χ1v) is 11.8. The van der Waals surface area contributed by atoms with E-state index >= 15 is 0 Å². The van der Waals surface area contributed by atoms with E-state index in [4.69, 9.17) is 13.7 Å². The van der Waals surface area contributed by atoms with E-state index in [9.17, 15) is 18.0 Å². The maximum absolute atomic E-state index is 12.5. The monoisotopic (exact) mass is 483 g/mol. The Balaban J connectivity index is 1.69. The molecule has 0 radical (unpaired) electrons. The smallest absolute Gasteiger partial charge is 0.407 e. The highest BCUT2D eigenvalue weighted by Crippen LogP contribution is 2.24. The Hall–Kier alpha value is -3.85. The molecule has 0 fully saturated rings. The normalized spacial score (nSPS) is 11.8. The molecule has 34 heavy (non-hydrogen) atoms. The van der Waals surface area contributed by atoms with Crippen LogP contribution in [0.15, 0.2) is 83.8 Å². The molecule has 3 rings (SSSR count). The quantitative estimate of drug-likeness (QED) is 0.357. The second kappa shape index (κ2) is 11.3. The third kappa shape index (κ3) is 7.08. The van der Waals surface area contributed by atoms with Gasteiger partial charge in [0, 0.05) is 0 Å². The lowest BCUT2D eigenvalue weighted by molar-refractivity contribution is -0.141. The summed E-state index contributed by atoms with van der Waals surface area (Å²) in [6.45, 7) is 1.92. The zero-order valence-electron chi connectivity index (χ0n) is 18.8. The lowest BCUT2D eigenvalue weighted by Crippen LogP contribution is -2.31. The number of nitrogens with one attached hydrogen (secondary N) is 1. The molecule has 3 aromatic rings. The SMILES string of the molecule is COC(=O)CC(NC(=O)OCc1ccccc1)c1ccc(OS(=O)(=O)c2ccc(C)cc2)cc1. The van der Waals surface area contributed by atoms with Crippen LogP contribution < -0.4 is 9.50 Å². The Bertz CT molecular complexity index is 1210. The third-order valence-corrected chi connectivity index (χ3v) is 6.16. The first-order chi connectivity index (χ1) is 16.3. The molecule has 0 saturated carbocycles. The van der Waals surface area contributed by atoms with Crippen LogP contribution in [0.2, 0.25) is 0 Å². The molecule has 1 N–H and O–H groups in total. The molecule has 0 aromatic heterocycles. The molecule has 1 amide bonds. The highest BCUT2D eigenvalue weighted by Gasteiger charge is 2.21. The van der Waals surface area contributed by atoms with Gasteiger partial charge in [0.1, 0.15) is 17.3 Å². The zero-order chi connectivity index (χ0) is 24.6. The number of carbonyl (C=O) groups excluding carboxylic acids is 2. The average Bonchev–Trinajstić information content (AvgIpc) is 2.83. The predicted octanol–water partition coefficient (Wildman–Crippen LogP) is 4.29. The number of esters is 1. The number of rotatable bonds is 9. The van der Waals surface area contributed by atoms with Crippen molar-refractivity contribution in [2.75, 3.05) is 7.11 Å². The van der Waals surface area contributed by atoms with Crippen LogP contribution in [0.4, 0.5) is 4.79 Å². The van der Waals surface area contributed by atoms with Gasteiger partial charge >= 0.3 is 22.2 Å². The van der Waals surface area contributed by atoms with Gasteiger partial charge in [-0.3, -0.25) is 4.79 Å². The van der Waals surface area contributed by atoms with Crippen LogP contribution in [0, 0.1) is 6.92 Å². The van der Waals surface area contributed by atoms with Crippen molar-refractivity contribution in [1.82, 2.24) is 5.32 Å². The summed E-state index contributed by atoms with van der Waals surface area (Å²) in [4.78, 5) is 24.2. The fourth-order valence-corrected chi connectivity index (χ4v) is 3.97. The van der Waals surface area contributed by atoms with Crippen LogP contribution in [0.3, 0.4) is 0 Å². The molecule has 1 atom stereocenters. The van der Waals surface area contributed by atoms with E-state index < -0.39 is 28.2 Å². The first-order valence-electron chi connectivity index (χ1n) is 10.4. The maximum Gasteiger partial charge on any atom is 0.407 e. The van der Waals surface area contributed by atoms with Crippen molar-refractivity contribution in [1.29, 1.82) is 0 Å². The molecule has 0 saturated heterocycles. The van der Waals surface area contributed by atoms with E-state index in [0.29, 0.717) is 5.56 Å². The van der Waals surface area contributed by atoms with Gasteiger partial charge < -0.3 is 19.0 Å². The van der Waals surface area contributed by atoms with Crippen molar-refractivity contribution in [3.8, 4) is 5.75 Å². The Morgan fingerprint density at radius 2 is 1.56 bits per heavy atom. The van der Waals surface area contributed by atoms with E-state index in [1.54, 1.807) is 24.3 Å². The van der Waals surface area contributed by atoms with Gasteiger partial charge in [-0.25, -0.2) is 4.79 Å². The standard InChI is InChI=1S/C25H25NO7S/c1-18-8-14-22(15-9-18)34(29,30)33-21-12-10-20(11-13-21)23(16-24(27)31-2)26-25(28)32-17-19-6-4-3-5-7-19/h3-15,23H,16-17H2,1-2H3,(H,26,28). The summed E-state index contributed by atoms with van der Waals surface area (Å²) in [6, 6.07) is 20.7. The summed E-state index contributed by atoms with van der Waals surface area (Å²) >= 11 is 0. The maximum atomic E-state index is 12.5. The topological polar surface area (TPSA) is 108 Å². The van der Waals surface area contributed by atoms with E-state index in [2.05, 4.69) is 5.32 Å². The van der Waals surface area contributed by atoms with Crippen molar-refractivity contribution < 1.29 is 31.7 Å². The number of carbonyl (C=O) groups is 2. The minimum atomic E-state index is -4.00. The lowest BCUT2D eigenvalue weighted by atomic mass is 10.0. The molecule has 0 aliphatic rings. The molecule has 178 valence electrons. The summed E-state index contributed by atoms with van der Waals surface area (Å²) in [5.74, 6) is -0.441. The van der Waals surface area contributed by atoms with Gasteiger partial charge in [-0.15, -0.1) is 0 Å². The third-order valence-electron chi connectivity index (χ3n) is 4.90. The molecule has 0 aliphatic heterocycles. The van der Waals surface area contributed by atoms with Gasteiger partial charge in [0.2, 0.25) is 0 Å². The van der Waals surface area contributed by atoms with Crippen molar-refractivity contribution in [3.63, 3.8) is 0 Å². The predicted molar refractivity (Wildman–Crippen MR) is 125 cm³/mol. The van der Waals surface area contributed by atoms with Crippen LogP contribution in [0.5, 0.6) is 5.75 Å². The number of aryl methyl sites for hydroxylation is 1. The van der Waals surface area contributed by atoms with Crippen LogP contribution in [0.25, 0.3) is 0 Å². The van der Waals surface area contributed by atoms with Crippen molar-refractivity contribution in [2.45, 2.75) is 30.9 Å². The second-order valence-corrected chi connectivity index (χ2v) is 9.00. The van der Waals surface area contributed by atoms with Crippen LogP contribution >= 0.6 is 0 Å². The fourth-order valence-electron chi connectivity index (χ4n) is 3.04. The molecule has 0 aliphatic carbocycles. The van der Waals surface area contributed by atoms with Crippen molar-refractivity contribution >= 4 is 22.2 Å². The average molecular weight is 484 g/mol. The van der Waals surface area contributed by atoms with Gasteiger partial charge in [-0.1, -0.05) is 60.2 Å². The largest absolute Gasteiger partial charge is 0.469 e. The summed E-state index contributed by atoms with van der Waals surface area (Å²) < 4.78 is 40.1. The number of hydrogen-bond donors (Lipinski definition) is 1. The molecular weight excluding hydrogens is 458 g/mol. The number of benzene rings is 3. The van der Waals surface area contributed by atoms with Gasteiger partial charge in [0.25, 0.3) is 0 Å². The highest BCUT2D eigenvalue weighted by molar-refractivity contribution is 7.87. The molecular formula is C25H25NO7S. The van der Waals surface area contributed by atoms with Gasteiger partial charge in [-0.05, 0) is 42.3 Å². The number of hydrogen-bond acceptors (Lipinski definition) is 7. The fraction of sp³-hybridized carbons (Fsp3) is 0.200. The molecule has 0 heterocycles. The van der Waals surface area contributed by atoms with E-state index in [-0.39, 0.29) is 23.7 Å². The molecule has 3 aromatic carbocycles. The minimum absolute atomic E-state index is 0.0357. The number of ether oxygens (including phenoxy) is 2. The molecule has 0 bridgehead atoms. The lowest BCUT2D eigenvalue weighted by Gasteiger charge is -2.18. The summed E-state index contributed by atoms with van der Waals surface area (Å²) in [7, 11) is -2.75. The Labute approximate surface area is 198 Å². The Morgan fingerprint density at radius 3 is 2.18 bits per heavy atom. The number of alkyl carbamates (subject to hydrolysis) is 1. The van der Waals surface area contributed by atoms with Gasteiger partial charge in [-0.2, -0.15) is 8.42 Å². The van der Waals surface area contributed by atoms with Gasteiger partial charge in [0.05, 0.1) is 19.6 Å². The minimum Gasteiger partial charge on any atom is -0.469 e. The van der Waals surface area contributed by atoms with E-state index in [1.807, 2.05) is 37.3 Å². The molecule has 0 spiro atoms. The molecule has 1 unspecified atom stereocenters. The van der Waals surface area contributed by atoms with Crippen molar-refractivity contribution in [3.05, 3.63) is 95.6 Å². The molecule has 9 heteroatoms. The number of amides is 1. The number of methoxy groups -OCH3 is 1. The zero-order valence-corrected chi connectivity index (χ0v) is 19.6. The van der Waals surface area contributed by atoms with Crippen molar-refractivity contribution in [2.24, 2.45) is 0 Å². The summed E-state index contributed by atoms with van der Waals surface area (Å²) in [6.07, 6.45) is -0.848. The van der Waals surface area contributed by atoms with Crippen LogP contribution in [-0.4, -0.2) is 27.6 Å². The Kier molecular flexibility index (Phi) is 8.26. The van der Waals surface area contributed by atoms with Crippen LogP contribution in [0.1, 0.15) is 29.2 Å². The second-order valence-electron chi connectivity index (χ2n) is 7.46. The summed E-state index contributed by atoms with van der Waals surface area (Å²) in [5, 5.41) is 2.65. The Morgan fingerprint density at radius 1 is 0.912 bits per heavy atom. The van der Waals surface area contributed by atoms with Gasteiger partial charge in [0.15, 0.2) is 0 Å². The highest BCUT2D eigenvalue weighted by atomic mass is 32.2. The first kappa shape index (κ1) is 24.8. The molecule has 8 nitrogen and oxygen atoms in total.